The molecular weight excluding hydrogens is 466 g/mol. The third-order valence-electron chi connectivity index (χ3n) is 5.59. The molecule has 1 aliphatic rings. The number of nitrogens with zero attached hydrogens (tertiary/aromatic N) is 2. The van der Waals surface area contributed by atoms with Crippen LogP contribution in [0.3, 0.4) is 0 Å². The largest absolute Gasteiger partial charge is 0.497 e. The molecule has 0 aliphatic carbocycles. The van der Waals surface area contributed by atoms with Crippen LogP contribution in [0.25, 0.3) is 10.2 Å². The van der Waals surface area contributed by atoms with Crippen molar-refractivity contribution >= 4 is 42.6 Å². The molecule has 176 valence electrons. The number of anilines is 1. The number of hydrogen-bond donors (Lipinski definition) is 1. The Bertz CT molecular complexity index is 1220. The molecule has 4 rings (SSSR count). The van der Waals surface area contributed by atoms with E-state index in [2.05, 4.69) is 10.3 Å². The van der Waals surface area contributed by atoms with Gasteiger partial charge in [0.25, 0.3) is 0 Å². The summed E-state index contributed by atoms with van der Waals surface area (Å²) in [5.74, 6) is 1.05. The van der Waals surface area contributed by atoms with Crippen LogP contribution in [0.15, 0.2) is 41.3 Å². The zero-order valence-electron chi connectivity index (χ0n) is 18.5. The maximum absolute atomic E-state index is 13.1. The van der Waals surface area contributed by atoms with E-state index in [1.54, 1.807) is 38.5 Å². The van der Waals surface area contributed by atoms with Gasteiger partial charge in [0.05, 0.1) is 32.1 Å². The van der Waals surface area contributed by atoms with Crippen molar-refractivity contribution in [2.45, 2.75) is 17.7 Å². The highest BCUT2D eigenvalue weighted by molar-refractivity contribution is 7.89. The standard InChI is InChI=1S/C22H25N3O6S2/c1-29-15-6-8-16(9-7-15)33(27,28)25-12-4-5-14(13-25)21(26)24-22-23-19-17(30-2)10-11-18(31-3)20(19)32-22/h6-11,14H,4-5,12-13H2,1-3H3,(H,23,24,26). The van der Waals surface area contributed by atoms with Gasteiger partial charge in [-0.15, -0.1) is 0 Å². The van der Waals surface area contributed by atoms with E-state index in [1.165, 1.54) is 34.9 Å². The Kier molecular flexibility index (Phi) is 6.73. The van der Waals surface area contributed by atoms with Gasteiger partial charge in [0, 0.05) is 13.1 Å². The summed E-state index contributed by atoms with van der Waals surface area (Å²) in [6, 6.07) is 9.79. The monoisotopic (exact) mass is 491 g/mol. The van der Waals surface area contributed by atoms with E-state index in [4.69, 9.17) is 14.2 Å². The Morgan fingerprint density at radius 1 is 1.06 bits per heavy atom. The van der Waals surface area contributed by atoms with E-state index in [9.17, 15) is 13.2 Å². The highest BCUT2D eigenvalue weighted by Gasteiger charge is 2.33. The minimum absolute atomic E-state index is 0.109. The average Bonchev–Trinajstić information content (AvgIpc) is 3.27. The molecule has 0 saturated carbocycles. The second-order valence-electron chi connectivity index (χ2n) is 7.53. The van der Waals surface area contributed by atoms with Crippen molar-refractivity contribution in [1.82, 2.24) is 9.29 Å². The first-order valence-electron chi connectivity index (χ1n) is 10.3. The van der Waals surface area contributed by atoms with Crippen LogP contribution < -0.4 is 19.5 Å². The first-order valence-corrected chi connectivity index (χ1v) is 12.6. The van der Waals surface area contributed by atoms with Crippen molar-refractivity contribution in [3.63, 3.8) is 0 Å². The lowest BCUT2D eigenvalue weighted by molar-refractivity contribution is -0.120. The van der Waals surface area contributed by atoms with Gasteiger partial charge < -0.3 is 19.5 Å². The normalized spacial score (nSPS) is 17.0. The summed E-state index contributed by atoms with van der Waals surface area (Å²) in [5, 5.41) is 3.26. The lowest BCUT2D eigenvalue weighted by Crippen LogP contribution is -2.43. The minimum Gasteiger partial charge on any atom is -0.497 e. The fraction of sp³-hybridized carbons (Fsp3) is 0.364. The second-order valence-corrected chi connectivity index (χ2v) is 10.5. The number of rotatable bonds is 7. The summed E-state index contributed by atoms with van der Waals surface area (Å²) in [6.45, 7) is 0.478. The van der Waals surface area contributed by atoms with Crippen LogP contribution >= 0.6 is 11.3 Å². The number of aromatic nitrogens is 1. The lowest BCUT2D eigenvalue weighted by atomic mass is 9.99. The van der Waals surface area contributed by atoms with Gasteiger partial charge >= 0.3 is 0 Å². The summed E-state index contributed by atoms with van der Waals surface area (Å²) in [4.78, 5) is 17.7. The van der Waals surface area contributed by atoms with Gasteiger partial charge in [0.1, 0.15) is 27.5 Å². The topological polar surface area (TPSA) is 107 Å². The molecule has 1 saturated heterocycles. The molecule has 1 aromatic heterocycles. The summed E-state index contributed by atoms with van der Waals surface area (Å²) >= 11 is 1.29. The summed E-state index contributed by atoms with van der Waals surface area (Å²) in [7, 11) is 0.932. The SMILES string of the molecule is COc1ccc(S(=O)(=O)N2CCCC(C(=O)Nc3nc4c(OC)ccc(OC)c4s3)C2)cc1. The van der Waals surface area contributed by atoms with Gasteiger partial charge in [0.2, 0.25) is 15.9 Å². The van der Waals surface area contributed by atoms with Crippen molar-refractivity contribution in [2.75, 3.05) is 39.7 Å². The molecule has 33 heavy (non-hydrogen) atoms. The van der Waals surface area contributed by atoms with Gasteiger partial charge in [-0.2, -0.15) is 4.31 Å². The Morgan fingerprint density at radius 3 is 2.42 bits per heavy atom. The van der Waals surface area contributed by atoms with Crippen LogP contribution in [0.4, 0.5) is 5.13 Å². The Balaban J connectivity index is 1.51. The lowest BCUT2D eigenvalue weighted by Gasteiger charge is -2.31. The molecule has 3 aromatic rings. The number of carbonyl (C=O) groups excluding carboxylic acids is 1. The minimum atomic E-state index is -3.71. The van der Waals surface area contributed by atoms with Gasteiger partial charge in [0.15, 0.2) is 5.13 Å². The highest BCUT2D eigenvalue weighted by atomic mass is 32.2. The number of ether oxygens (including phenoxy) is 3. The van der Waals surface area contributed by atoms with Gasteiger partial charge in [-0.3, -0.25) is 4.79 Å². The number of thiazole rings is 1. The molecule has 0 spiro atoms. The third kappa shape index (κ3) is 4.61. The Morgan fingerprint density at radius 2 is 1.76 bits per heavy atom. The number of piperidine rings is 1. The first-order chi connectivity index (χ1) is 15.9. The number of fused-ring (bicyclic) bond motifs is 1. The Labute approximate surface area is 196 Å². The molecule has 1 aliphatic heterocycles. The number of sulfonamides is 1. The molecule has 0 bridgehead atoms. The molecule has 2 heterocycles. The zero-order chi connectivity index (χ0) is 23.6. The zero-order valence-corrected chi connectivity index (χ0v) is 20.2. The first kappa shape index (κ1) is 23.3. The summed E-state index contributed by atoms with van der Waals surface area (Å²) in [6.07, 6.45) is 1.19. The van der Waals surface area contributed by atoms with Crippen molar-refractivity contribution in [3.8, 4) is 17.2 Å². The quantitative estimate of drug-likeness (QED) is 0.540. The molecule has 2 aromatic carbocycles. The van der Waals surface area contributed by atoms with E-state index in [0.717, 1.165) is 4.70 Å². The van der Waals surface area contributed by atoms with Crippen LogP contribution in [0.1, 0.15) is 12.8 Å². The van der Waals surface area contributed by atoms with E-state index in [-0.39, 0.29) is 17.3 Å². The Hall–Kier alpha value is -2.89. The predicted molar refractivity (Wildman–Crippen MR) is 126 cm³/mol. The molecule has 9 nitrogen and oxygen atoms in total. The molecule has 1 unspecified atom stereocenters. The third-order valence-corrected chi connectivity index (χ3v) is 8.46. The maximum atomic E-state index is 13.1. The predicted octanol–water partition coefficient (Wildman–Crippen LogP) is 3.36. The maximum Gasteiger partial charge on any atom is 0.243 e. The number of benzene rings is 2. The van der Waals surface area contributed by atoms with Crippen molar-refractivity contribution in [3.05, 3.63) is 36.4 Å². The smallest absolute Gasteiger partial charge is 0.243 e. The fourth-order valence-corrected chi connectivity index (χ4v) is 6.32. The number of amides is 1. The molecule has 1 fully saturated rings. The van der Waals surface area contributed by atoms with Gasteiger partial charge in [-0.1, -0.05) is 11.3 Å². The number of hydrogen-bond acceptors (Lipinski definition) is 8. The van der Waals surface area contributed by atoms with Crippen LogP contribution in [0, 0.1) is 5.92 Å². The number of methoxy groups -OCH3 is 3. The van der Waals surface area contributed by atoms with E-state index < -0.39 is 15.9 Å². The summed E-state index contributed by atoms with van der Waals surface area (Å²) in [5.41, 5.74) is 0.601. The van der Waals surface area contributed by atoms with Crippen molar-refractivity contribution in [2.24, 2.45) is 5.92 Å². The highest BCUT2D eigenvalue weighted by Crippen LogP contribution is 2.39. The molecule has 1 amide bonds. The molecular formula is C22H25N3O6S2. The van der Waals surface area contributed by atoms with Crippen molar-refractivity contribution in [1.29, 1.82) is 0 Å². The molecule has 11 heteroatoms. The van der Waals surface area contributed by atoms with Gasteiger partial charge in [-0.25, -0.2) is 13.4 Å². The van der Waals surface area contributed by atoms with Crippen LogP contribution in [0.5, 0.6) is 17.2 Å². The molecule has 1 N–H and O–H groups in total. The van der Waals surface area contributed by atoms with Gasteiger partial charge in [-0.05, 0) is 49.2 Å². The average molecular weight is 492 g/mol. The van der Waals surface area contributed by atoms with E-state index >= 15 is 0 Å². The fourth-order valence-electron chi connectivity index (χ4n) is 3.82. The summed E-state index contributed by atoms with van der Waals surface area (Å²) < 4.78 is 44.2. The van der Waals surface area contributed by atoms with Crippen molar-refractivity contribution < 1.29 is 27.4 Å². The van der Waals surface area contributed by atoms with Crippen LogP contribution in [0.2, 0.25) is 0 Å². The van der Waals surface area contributed by atoms with Crippen LogP contribution in [-0.4, -0.2) is 58.0 Å². The second kappa shape index (κ2) is 9.54. The van der Waals surface area contributed by atoms with Crippen LogP contribution in [-0.2, 0) is 14.8 Å². The number of nitrogens with one attached hydrogen (secondary N) is 1. The molecule has 0 radical (unpaired) electrons. The molecule has 1 atom stereocenters. The van der Waals surface area contributed by atoms with E-state index in [0.29, 0.717) is 47.3 Å². The van der Waals surface area contributed by atoms with E-state index in [1.807, 2.05) is 0 Å². The number of carbonyl (C=O) groups is 1.